The molecule has 26 heavy (non-hydrogen) atoms. The van der Waals surface area contributed by atoms with Crippen LogP contribution in [0.4, 0.5) is 0 Å². The Morgan fingerprint density at radius 1 is 1.15 bits per heavy atom. The molecule has 0 heterocycles. The zero-order valence-corrected chi connectivity index (χ0v) is 20.2. The number of hydrogen-bond acceptors (Lipinski definition) is 4. The number of rotatable bonds is 13. The Bertz CT molecular complexity index is 482. The van der Waals surface area contributed by atoms with E-state index < -0.39 is 10.0 Å². The fourth-order valence-corrected chi connectivity index (χ4v) is 3.68. The zero-order valence-electron chi connectivity index (χ0n) is 17.0. The summed E-state index contributed by atoms with van der Waals surface area (Å²) >= 11 is 0. The van der Waals surface area contributed by atoms with Gasteiger partial charge in [0.15, 0.2) is 5.96 Å². The smallest absolute Gasteiger partial charge is 0.211 e. The summed E-state index contributed by atoms with van der Waals surface area (Å²) in [5, 5.41) is 15.8. The molecule has 0 aliphatic carbocycles. The molecule has 3 N–H and O–H groups in total. The minimum Gasteiger partial charge on any atom is -0.396 e. The molecule has 7 nitrogen and oxygen atoms in total. The van der Waals surface area contributed by atoms with Crippen molar-refractivity contribution in [3.8, 4) is 0 Å². The van der Waals surface area contributed by atoms with Crippen molar-refractivity contribution in [2.75, 3.05) is 45.6 Å². The number of guanidine groups is 1. The highest BCUT2D eigenvalue weighted by Crippen LogP contribution is 2.30. The second kappa shape index (κ2) is 14.9. The number of aliphatic hydroxyl groups is 1. The summed E-state index contributed by atoms with van der Waals surface area (Å²) in [7, 11) is -3.13. The molecule has 0 rings (SSSR count). The third kappa shape index (κ3) is 10.9. The zero-order chi connectivity index (χ0) is 19.3. The average Bonchev–Trinajstić information content (AvgIpc) is 2.57. The largest absolute Gasteiger partial charge is 0.396 e. The van der Waals surface area contributed by atoms with Crippen LogP contribution in [0.2, 0.25) is 0 Å². The normalized spacial score (nSPS) is 12.8. The van der Waals surface area contributed by atoms with Crippen LogP contribution in [0.1, 0.15) is 53.4 Å². The van der Waals surface area contributed by atoms with Crippen LogP contribution in [0, 0.1) is 5.41 Å². The fourth-order valence-electron chi connectivity index (χ4n) is 2.75. The SMILES string of the molecule is CCNC(=NCC(CC)(CC)CCO)NCCCN(CC)S(C)(=O)=O.I. The summed E-state index contributed by atoms with van der Waals surface area (Å²) in [5.41, 5.74) is 0.0341. The standard InChI is InChI=1S/C17H38N4O3S.HI/c1-6-17(7-2,11-14-22)15-20-16(18-8-3)19-12-10-13-21(9-4)25(5,23)24;/h22H,6-15H2,1-5H3,(H2,18,19,20);1H. The van der Waals surface area contributed by atoms with E-state index in [0.717, 1.165) is 31.8 Å². The van der Waals surface area contributed by atoms with Gasteiger partial charge in [0, 0.05) is 39.3 Å². The van der Waals surface area contributed by atoms with Gasteiger partial charge in [0.2, 0.25) is 10.0 Å². The molecule has 0 aromatic rings. The molecular weight excluding hydrogens is 467 g/mol. The fraction of sp³-hybridized carbons (Fsp3) is 0.941. The van der Waals surface area contributed by atoms with E-state index in [1.165, 1.54) is 10.6 Å². The first-order valence-corrected chi connectivity index (χ1v) is 11.2. The third-order valence-corrected chi connectivity index (χ3v) is 6.14. The van der Waals surface area contributed by atoms with Crippen molar-refractivity contribution < 1.29 is 13.5 Å². The van der Waals surface area contributed by atoms with Gasteiger partial charge in [-0.2, -0.15) is 0 Å². The third-order valence-electron chi connectivity index (χ3n) is 4.76. The molecule has 0 aromatic heterocycles. The van der Waals surface area contributed by atoms with Gasteiger partial charge in [-0.15, -0.1) is 24.0 Å². The Kier molecular flexibility index (Phi) is 16.1. The van der Waals surface area contributed by atoms with Crippen LogP contribution in [0.5, 0.6) is 0 Å². The van der Waals surface area contributed by atoms with Crippen molar-refractivity contribution in [2.24, 2.45) is 10.4 Å². The van der Waals surface area contributed by atoms with Gasteiger partial charge in [-0.05, 0) is 38.0 Å². The Balaban J connectivity index is 0. The molecule has 9 heteroatoms. The monoisotopic (exact) mass is 506 g/mol. The van der Waals surface area contributed by atoms with Crippen molar-refractivity contribution in [2.45, 2.75) is 53.4 Å². The summed E-state index contributed by atoms with van der Waals surface area (Å²) in [5.74, 6) is 0.745. The Hall–Kier alpha value is -0.130. The maximum absolute atomic E-state index is 11.6. The van der Waals surface area contributed by atoms with Crippen LogP contribution >= 0.6 is 24.0 Å². The van der Waals surface area contributed by atoms with E-state index in [2.05, 4.69) is 29.5 Å². The minimum atomic E-state index is -3.13. The lowest BCUT2D eigenvalue weighted by Gasteiger charge is -2.29. The van der Waals surface area contributed by atoms with Gasteiger partial charge in [0.25, 0.3) is 0 Å². The molecule has 0 fully saturated rings. The van der Waals surface area contributed by atoms with E-state index in [0.29, 0.717) is 32.6 Å². The summed E-state index contributed by atoms with van der Waals surface area (Å²) < 4.78 is 24.6. The van der Waals surface area contributed by atoms with Gasteiger partial charge in [0.1, 0.15) is 0 Å². The maximum atomic E-state index is 11.6. The summed E-state index contributed by atoms with van der Waals surface area (Å²) in [4.78, 5) is 4.68. The average molecular weight is 506 g/mol. The van der Waals surface area contributed by atoms with Gasteiger partial charge in [-0.1, -0.05) is 20.8 Å². The summed E-state index contributed by atoms with van der Waals surface area (Å²) in [6, 6.07) is 0. The van der Waals surface area contributed by atoms with Gasteiger partial charge >= 0.3 is 0 Å². The first-order valence-electron chi connectivity index (χ1n) is 9.36. The Morgan fingerprint density at radius 3 is 2.19 bits per heavy atom. The Labute approximate surface area is 177 Å². The van der Waals surface area contributed by atoms with Crippen LogP contribution in [-0.4, -0.2) is 69.4 Å². The molecule has 0 atom stereocenters. The van der Waals surface area contributed by atoms with E-state index in [1.54, 1.807) is 0 Å². The lowest BCUT2D eigenvalue weighted by atomic mass is 9.79. The molecule has 0 amide bonds. The van der Waals surface area contributed by atoms with Gasteiger partial charge < -0.3 is 15.7 Å². The number of hydrogen-bond donors (Lipinski definition) is 3. The van der Waals surface area contributed by atoms with Crippen molar-refractivity contribution in [3.63, 3.8) is 0 Å². The number of aliphatic hydroxyl groups excluding tert-OH is 1. The van der Waals surface area contributed by atoms with E-state index in [4.69, 9.17) is 0 Å². The maximum Gasteiger partial charge on any atom is 0.211 e. The number of aliphatic imine (C=N–C) groups is 1. The van der Waals surface area contributed by atoms with E-state index in [1.807, 2.05) is 13.8 Å². The summed E-state index contributed by atoms with van der Waals surface area (Å²) in [6.07, 6.45) is 4.67. The van der Waals surface area contributed by atoms with Crippen LogP contribution in [-0.2, 0) is 10.0 Å². The number of nitrogens with zero attached hydrogens (tertiary/aromatic N) is 2. The Morgan fingerprint density at radius 2 is 1.77 bits per heavy atom. The first-order chi connectivity index (χ1) is 11.8. The topological polar surface area (TPSA) is 94.0 Å². The highest BCUT2D eigenvalue weighted by Gasteiger charge is 2.25. The second-order valence-corrected chi connectivity index (χ2v) is 8.39. The molecule has 0 bridgehead atoms. The lowest BCUT2D eigenvalue weighted by Crippen LogP contribution is -2.40. The predicted octanol–water partition coefficient (Wildman–Crippen LogP) is 2.02. The van der Waals surface area contributed by atoms with Crippen molar-refractivity contribution in [3.05, 3.63) is 0 Å². The number of nitrogens with one attached hydrogen (secondary N) is 2. The molecule has 0 aliphatic rings. The molecule has 0 aromatic carbocycles. The highest BCUT2D eigenvalue weighted by atomic mass is 127. The van der Waals surface area contributed by atoms with Gasteiger partial charge in [0.05, 0.1) is 6.26 Å². The van der Waals surface area contributed by atoms with Crippen LogP contribution in [0.25, 0.3) is 0 Å². The van der Waals surface area contributed by atoms with Crippen LogP contribution in [0.15, 0.2) is 4.99 Å². The molecule has 0 aliphatic heterocycles. The van der Waals surface area contributed by atoms with Gasteiger partial charge in [-0.3, -0.25) is 4.99 Å². The molecule has 0 spiro atoms. The first kappa shape index (κ1) is 28.1. The molecule has 0 unspecified atom stereocenters. The van der Waals surface area contributed by atoms with Crippen LogP contribution < -0.4 is 10.6 Å². The van der Waals surface area contributed by atoms with Gasteiger partial charge in [-0.25, -0.2) is 12.7 Å². The van der Waals surface area contributed by atoms with E-state index >= 15 is 0 Å². The molecule has 0 radical (unpaired) electrons. The molecule has 158 valence electrons. The number of sulfonamides is 1. The highest BCUT2D eigenvalue weighted by molar-refractivity contribution is 14.0. The summed E-state index contributed by atoms with van der Waals surface area (Å²) in [6.45, 7) is 11.4. The van der Waals surface area contributed by atoms with Crippen molar-refractivity contribution >= 4 is 40.0 Å². The predicted molar refractivity (Wildman–Crippen MR) is 121 cm³/mol. The lowest BCUT2D eigenvalue weighted by molar-refractivity contribution is 0.175. The van der Waals surface area contributed by atoms with Crippen molar-refractivity contribution in [1.29, 1.82) is 0 Å². The minimum absolute atomic E-state index is 0. The van der Waals surface area contributed by atoms with E-state index in [9.17, 15) is 13.5 Å². The quantitative estimate of drug-likeness (QED) is 0.154. The van der Waals surface area contributed by atoms with E-state index in [-0.39, 0.29) is 36.0 Å². The number of halogens is 1. The second-order valence-electron chi connectivity index (χ2n) is 6.41. The molecular formula is C17H39IN4O3S. The molecule has 0 saturated carbocycles. The van der Waals surface area contributed by atoms with Crippen LogP contribution in [0.3, 0.4) is 0 Å². The van der Waals surface area contributed by atoms with Crippen molar-refractivity contribution in [1.82, 2.24) is 14.9 Å². The molecule has 0 saturated heterocycles.